The zero-order valence-corrected chi connectivity index (χ0v) is 7.53. The predicted molar refractivity (Wildman–Crippen MR) is 48.0 cm³/mol. The molecule has 0 aromatic heterocycles. The molecule has 12 heavy (non-hydrogen) atoms. The van der Waals surface area contributed by atoms with Gasteiger partial charge in [0.15, 0.2) is 5.78 Å². The van der Waals surface area contributed by atoms with E-state index in [0.717, 1.165) is 0 Å². The van der Waals surface area contributed by atoms with E-state index in [9.17, 15) is 8.68 Å². The van der Waals surface area contributed by atoms with Crippen molar-refractivity contribution in [1.82, 2.24) is 0 Å². The van der Waals surface area contributed by atoms with E-state index >= 15 is 0 Å². The smallest absolute Gasteiger partial charge is 0.162 e. The lowest BCUT2D eigenvalue weighted by Crippen LogP contribution is -1.94. The number of Topliss-reactive ketones (excluding diaryl/α,β-unsaturated/α-hetero) is 1. The van der Waals surface area contributed by atoms with Crippen molar-refractivity contribution < 1.29 is 8.68 Å². The fourth-order valence-corrected chi connectivity index (χ4v) is 1.14. The molecule has 0 aliphatic heterocycles. The van der Waals surface area contributed by atoms with Gasteiger partial charge in [0.2, 0.25) is 0 Å². The van der Waals surface area contributed by atoms with E-state index in [1.165, 1.54) is 0 Å². The first-order valence-corrected chi connectivity index (χ1v) is 4.41. The second-order valence-corrected chi connectivity index (χ2v) is 3.00. The third-order valence-electron chi connectivity index (χ3n) is 1.59. The monoisotopic (exact) mass is 184 g/mol. The molecule has 0 heterocycles. The van der Waals surface area contributed by atoms with Crippen molar-refractivity contribution in [2.45, 2.75) is 18.2 Å². The molecule has 0 aliphatic rings. The molecule has 0 spiro atoms. The van der Waals surface area contributed by atoms with Gasteiger partial charge in [0, 0.05) is 16.9 Å². The van der Waals surface area contributed by atoms with Gasteiger partial charge in [0.25, 0.3) is 0 Å². The van der Waals surface area contributed by atoms with Gasteiger partial charge in [-0.25, -0.2) is 0 Å². The van der Waals surface area contributed by atoms with Crippen LogP contribution in [0.2, 0.25) is 0 Å². The van der Waals surface area contributed by atoms with E-state index in [1.54, 1.807) is 31.2 Å². The molecule has 1 nitrogen and oxygen atoms in total. The number of halogens is 1. The van der Waals surface area contributed by atoms with E-state index in [-0.39, 0.29) is 17.9 Å². The molecule has 0 saturated carbocycles. The maximum Gasteiger partial charge on any atom is 0.162 e. The summed E-state index contributed by atoms with van der Waals surface area (Å²) in [6, 6.07) is 6.50. The summed E-state index contributed by atoms with van der Waals surface area (Å²) in [5.74, 6) is 0.0883. The van der Waals surface area contributed by atoms with Crippen LogP contribution < -0.4 is 0 Å². The molecule has 64 valence electrons. The van der Waals surface area contributed by atoms with Gasteiger partial charge >= 0.3 is 0 Å². The fraction of sp³-hybridized carbons (Fsp3) is 0.222. The number of carbonyl (C=O) groups is 1. The Balaban J connectivity index is 2.84. The van der Waals surface area contributed by atoms with Crippen LogP contribution in [0.5, 0.6) is 0 Å². The number of benzene rings is 1. The number of hydrogen-bond acceptors (Lipinski definition) is 2. The summed E-state index contributed by atoms with van der Waals surface area (Å²) in [5.41, 5.74) is 0.648. The first-order chi connectivity index (χ1) is 5.77. The third kappa shape index (κ3) is 2.08. The number of carbonyl (C=O) groups excluding carboxylic acids is 1. The molecule has 1 aromatic carbocycles. The van der Waals surface area contributed by atoms with Crippen LogP contribution in [0.25, 0.3) is 0 Å². The lowest BCUT2D eigenvalue weighted by atomic mass is 10.1. The van der Waals surface area contributed by atoms with Crippen molar-refractivity contribution in [3.8, 4) is 0 Å². The highest BCUT2D eigenvalue weighted by atomic mass is 32.2. The van der Waals surface area contributed by atoms with E-state index in [0.29, 0.717) is 16.9 Å². The van der Waals surface area contributed by atoms with E-state index < -0.39 is 0 Å². The zero-order valence-electron chi connectivity index (χ0n) is 6.71. The van der Waals surface area contributed by atoms with Crippen molar-refractivity contribution in [2.75, 3.05) is 0 Å². The average molecular weight is 184 g/mol. The molecule has 0 amide bonds. The number of rotatable bonds is 3. The molecule has 1 rings (SSSR count). The Kier molecular flexibility index (Phi) is 3.29. The highest BCUT2D eigenvalue weighted by molar-refractivity contribution is 7.94. The van der Waals surface area contributed by atoms with Gasteiger partial charge in [-0.2, -0.15) is 3.89 Å². The average Bonchev–Trinajstić information content (AvgIpc) is 2.17. The van der Waals surface area contributed by atoms with Crippen LogP contribution >= 0.6 is 12.1 Å². The third-order valence-corrected chi connectivity index (χ3v) is 2.04. The Morgan fingerprint density at radius 3 is 2.42 bits per heavy atom. The highest BCUT2D eigenvalue weighted by Crippen LogP contribution is 2.19. The lowest BCUT2D eigenvalue weighted by Gasteiger charge is -1.97. The second-order valence-electron chi connectivity index (χ2n) is 2.38. The van der Waals surface area contributed by atoms with Crippen molar-refractivity contribution in [3.05, 3.63) is 29.8 Å². The van der Waals surface area contributed by atoms with Crippen molar-refractivity contribution in [2.24, 2.45) is 0 Å². The summed E-state index contributed by atoms with van der Waals surface area (Å²) >= 11 is 0.186. The molecule has 0 atom stereocenters. The maximum atomic E-state index is 12.0. The Bertz CT molecular complexity index is 268. The van der Waals surface area contributed by atoms with Crippen LogP contribution in [0.3, 0.4) is 0 Å². The highest BCUT2D eigenvalue weighted by Gasteiger charge is 2.01. The van der Waals surface area contributed by atoms with E-state index in [4.69, 9.17) is 0 Å². The molecule has 0 saturated heterocycles. The van der Waals surface area contributed by atoms with Gasteiger partial charge in [0.05, 0.1) is 12.1 Å². The van der Waals surface area contributed by atoms with Crippen molar-refractivity contribution in [3.63, 3.8) is 0 Å². The zero-order chi connectivity index (χ0) is 8.97. The second kappa shape index (κ2) is 4.26. The molecule has 1 aromatic rings. The van der Waals surface area contributed by atoms with E-state index in [2.05, 4.69) is 0 Å². The van der Waals surface area contributed by atoms with Gasteiger partial charge < -0.3 is 0 Å². The molecule has 0 radical (unpaired) electrons. The Hall–Kier alpha value is -0.830. The SMILES string of the molecule is CCC(=O)c1ccc(SF)cc1. The number of hydrogen-bond donors (Lipinski definition) is 0. The Morgan fingerprint density at radius 2 is 2.00 bits per heavy atom. The van der Waals surface area contributed by atoms with Crippen LogP contribution in [-0.4, -0.2) is 5.78 Å². The van der Waals surface area contributed by atoms with Crippen LogP contribution in [-0.2, 0) is 0 Å². The lowest BCUT2D eigenvalue weighted by molar-refractivity contribution is 0.0988. The Labute approximate surface area is 75.3 Å². The minimum atomic E-state index is 0.0883. The van der Waals surface area contributed by atoms with Gasteiger partial charge in [-0.3, -0.25) is 4.79 Å². The molecule has 3 heteroatoms. The van der Waals surface area contributed by atoms with Crippen LogP contribution in [0, 0.1) is 0 Å². The van der Waals surface area contributed by atoms with Crippen LogP contribution in [0.1, 0.15) is 23.7 Å². The first-order valence-electron chi connectivity index (χ1n) is 3.69. The summed E-state index contributed by atoms with van der Waals surface area (Å²) in [5, 5.41) is 0. The fourth-order valence-electron chi connectivity index (χ4n) is 0.896. The first kappa shape index (κ1) is 9.26. The summed E-state index contributed by atoms with van der Waals surface area (Å²) in [7, 11) is 0. The summed E-state index contributed by atoms with van der Waals surface area (Å²) < 4.78 is 12.0. The van der Waals surface area contributed by atoms with Crippen LogP contribution in [0.4, 0.5) is 3.89 Å². The summed E-state index contributed by atoms with van der Waals surface area (Å²) in [4.78, 5) is 11.6. The molecule has 0 bridgehead atoms. The molecule has 0 aliphatic carbocycles. The predicted octanol–water partition coefficient (Wildman–Crippen LogP) is 3.26. The normalized spacial score (nSPS) is 9.83. The molecular formula is C9H9FOS. The van der Waals surface area contributed by atoms with Gasteiger partial charge in [0.1, 0.15) is 0 Å². The van der Waals surface area contributed by atoms with Gasteiger partial charge in [-0.1, -0.05) is 19.1 Å². The molecule has 0 fully saturated rings. The summed E-state index contributed by atoms with van der Waals surface area (Å²) in [6.45, 7) is 1.81. The minimum absolute atomic E-state index is 0.0883. The topological polar surface area (TPSA) is 17.1 Å². The largest absolute Gasteiger partial charge is 0.294 e. The van der Waals surface area contributed by atoms with Crippen molar-refractivity contribution >= 4 is 17.9 Å². The Morgan fingerprint density at radius 1 is 1.42 bits per heavy atom. The quantitative estimate of drug-likeness (QED) is 0.671. The minimum Gasteiger partial charge on any atom is -0.294 e. The van der Waals surface area contributed by atoms with E-state index in [1.807, 2.05) is 0 Å². The maximum absolute atomic E-state index is 12.0. The molecular weight excluding hydrogens is 175 g/mol. The molecule has 0 N–H and O–H groups in total. The summed E-state index contributed by atoms with van der Waals surface area (Å²) in [6.07, 6.45) is 0.488. The van der Waals surface area contributed by atoms with Gasteiger partial charge in [-0.05, 0) is 12.1 Å². The van der Waals surface area contributed by atoms with Gasteiger partial charge in [-0.15, -0.1) is 0 Å². The van der Waals surface area contributed by atoms with Crippen molar-refractivity contribution in [1.29, 1.82) is 0 Å². The standard InChI is InChI=1S/C9H9FOS/c1-2-9(11)7-3-5-8(12-10)6-4-7/h3-6H,2H2,1H3. The number of ketones is 1. The molecule has 0 unspecified atom stereocenters. The van der Waals surface area contributed by atoms with Crippen LogP contribution in [0.15, 0.2) is 29.2 Å².